The molecule has 162 valence electrons. The van der Waals surface area contributed by atoms with Gasteiger partial charge in [-0.05, 0) is 35.4 Å². The van der Waals surface area contributed by atoms with Crippen molar-refractivity contribution in [2.75, 3.05) is 14.2 Å². The highest BCUT2D eigenvalue weighted by Gasteiger charge is 2.57. The van der Waals surface area contributed by atoms with E-state index in [-0.39, 0.29) is 23.8 Å². The number of hydrogen-bond donors (Lipinski definition) is 2. The second kappa shape index (κ2) is 7.41. The number of amides is 2. The van der Waals surface area contributed by atoms with Crippen molar-refractivity contribution in [1.82, 2.24) is 10.6 Å². The molecule has 3 atom stereocenters. The summed E-state index contributed by atoms with van der Waals surface area (Å²) in [5.41, 5.74) is 3.03. The number of hydrogen-bond acceptors (Lipinski definition) is 4. The Balaban J connectivity index is 1.71. The third kappa shape index (κ3) is 2.72. The number of nitrogens with one attached hydrogen (secondary N) is 2. The van der Waals surface area contributed by atoms with Crippen molar-refractivity contribution >= 4 is 11.8 Å². The number of fused-ring (bicyclic) bond motifs is 4. The maximum atomic E-state index is 13.1. The maximum Gasteiger partial charge on any atom is 0.252 e. The highest BCUT2D eigenvalue weighted by atomic mass is 16.5. The van der Waals surface area contributed by atoms with Gasteiger partial charge in [0.25, 0.3) is 11.8 Å². The Bertz CT molecular complexity index is 1220. The summed E-state index contributed by atoms with van der Waals surface area (Å²) in [6.07, 6.45) is 0. The number of carbonyl (C=O) groups is 2. The van der Waals surface area contributed by atoms with Crippen LogP contribution in [0.25, 0.3) is 0 Å². The standard InChI is InChI=1S/C26H24N2O4/c1-15-23(27-24(29)16-9-5-4-6-10-16)22-20(13-17(31-2)14-21(22)32-3)26(15)19-12-8-7-11-18(19)25(30)28-26/h4-15,23H,1-3H3,(H,27,29)(H,28,30)/t15-,23-,26+/m0/s1. The van der Waals surface area contributed by atoms with E-state index >= 15 is 0 Å². The minimum Gasteiger partial charge on any atom is -0.497 e. The van der Waals surface area contributed by atoms with E-state index in [2.05, 4.69) is 10.6 Å². The lowest BCUT2D eigenvalue weighted by atomic mass is 9.78. The summed E-state index contributed by atoms with van der Waals surface area (Å²) in [6.45, 7) is 2.05. The van der Waals surface area contributed by atoms with Gasteiger partial charge in [-0.2, -0.15) is 0 Å². The van der Waals surface area contributed by atoms with Gasteiger partial charge in [0, 0.05) is 28.7 Å². The average Bonchev–Trinajstić information content (AvgIpc) is 3.26. The first-order valence-electron chi connectivity index (χ1n) is 10.6. The van der Waals surface area contributed by atoms with Crippen LogP contribution < -0.4 is 20.1 Å². The van der Waals surface area contributed by atoms with Crippen LogP contribution in [-0.4, -0.2) is 26.0 Å². The first-order valence-corrected chi connectivity index (χ1v) is 10.6. The largest absolute Gasteiger partial charge is 0.497 e. The van der Waals surface area contributed by atoms with E-state index in [0.717, 1.165) is 16.7 Å². The van der Waals surface area contributed by atoms with Crippen LogP contribution in [0.1, 0.15) is 50.4 Å². The van der Waals surface area contributed by atoms with Crippen LogP contribution in [0.2, 0.25) is 0 Å². The highest BCUT2D eigenvalue weighted by Crippen LogP contribution is 2.57. The van der Waals surface area contributed by atoms with E-state index in [1.165, 1.54) is 0 Å². The molecule has 0 fully saturated rings. The Kier molecular flexibility index (Phi) is 4.66. The van der Waals surface area contributed by atoms with Crippen LogP contribution in [-0.2, 0) is 5.54 Å². The van der Waals surface area contributed by atoms with Crippen LogP contribution in [0.3, 0.4) is 0 Å². The topological polar surface area (TPSA) is 76.7 Å². The maximum absolute atomic E-state index is 13.1. The summed E-state index contributed by atoms with van der Waals surface area (Å²) in [4.78, 5) is 26.1. The molecular weight excluding hydrogens is 404 g/mol. The second-order valence-corrected chi connectivity index (χ2v) is 8.20. The van der Waals surface area contributed by atoms with E-state index in [1.807, 2.05) is 61.5 Å². The molecule has 6 nitrogen and oxygen atoms in total. The monoisotopic (exact) mass is 428 g/mol. The lowest BCUT2D eigenvalue weighted by Crippen LogP contribution is -2.46. The molecule has 5 rings (SSSR count). The van der Waals surface area contributed by atoms with Gasteiger partial charge < -0.3 is 20.1 Å². The van der Waals surface area contributed by atoms with Gasteiger partial charge in [-0.1, -0.05) is 43.3 Å². The van der Waals surface area contributed by atoms with Crippen LogP contribution in [0.5, 0.6) is 11.5 Å². The Morgan fingerprint density at radius 2 is 1.69 bits per heavy atom. The zero-order valence-corrected chi connectivity index (χ0v) is 18.1. The molecule has 1 aliphatic carbocycles. The van der Waals surface area contributed by atoms with E-state index < -0.39 is 5.54 Å². The molecule has 0 unspecified atom stereocenters. The molecule has 6 heteroatoms. The van der Waals surface area contributed by atoms with E-state index in [0.29, 0.717) is 22.6 Å². The molecule has 3 aromatic carbocycles. The van der Waals surface area contributed by atoms with Gasteiger partial charge in [0.05, 0.1) is 25.8 Å². The smallest absolute Gasteiger partial charge is 0.252 e. The fraction of sp³-hybridized carbons (Fsp3) is 0.231. The fourth-order valence-corrected chi connectivity index (χ4v) is 5.20. The minimum absolute atomic E-state index is 0.129. The number of benzene rings is 3. The van der Waals surface area contributed by atoms with Gasteiger partial charge in [-0.3, -0.25) is 9.59 Å². The van der Waals surface area contributed by atoms with Gasteiger partial charge in [0.15, 0.2) is 0 Å². The summed E-state index contributed by atoms with van der Waals surface area (Å²) < 4.78 is 11.3. The third-order valence-corrected chi connectivity index (χ3v) is 6.72. The number of ether oxygens (including phenoxy) is 2. The van der Waals surface area contributed by atoms with Crippen LogP contribution in [0, 0.1) is 5.92 Å². The Labute approximate surface area is 186 Å². The highest BCUT2D eigenvalue weighted by molar-refractivity contribution is 6.01. The molecule has 1 aliphatic heterocycles. The predicted molar refractivity (Wildman–Crippen MR) is 120 cm³/mol. The zero-order valence-electron chi connectivity index (χ0n) is 18.1. The van der Waals surface area contributed by atoms with Crippen molar-refractivity contribution in [3.05, 3.63) is 94.5 Å². The zero-order chi connectivity index (χ0) is 22.5. The van der Waals surface area contributed by atoms with Crippen LogP contribution >= 0.6 is 0 Å². The molecule has 32 heavy (non-hydrogen) atoms. The fourth-order valence-electron chi connectivity index (χ4n) is 5.20. The van der Waals surface area contributed by atoms with Crippen molar-refractivity contribution in [2.45, 2.75) is 18.5 Å². The van der Waals surface area contributed by atoms with Crippen LogP contribution in [0.4, 0.5) is 0 Å². The van der Waals surface area contributed by atoms with Crippen molar-refractivity contribution in [3.8, 4) is 11.5 Å². The van der Waals surface area contributed by atoms with E-state index in [4.69, 9.17) is 9.47 Å². The molecule has 1 heterocycles. The predicted octanol–water partition coefficient (Wildman–Crippen LogP) is 3.81. The summed E-state index contributed by atoms with van der Waals surface area (Å²) >= 11 is 0. The average molecular weight is 428 g/mol. The molecule has 0 saturated heterocycles. The lowest BCUT2D eigenvalue weighted by molar-refractivity contribution is 0.0895. The second-order valence-electron chi connectivity index (χ2n) is 8.20. The van der Waals surface area contributed by atoms with E-state index in [9.17, 15) is 9.59 Å². The summed E-state index contributed by atoms with van der Waals surface area (Å²) in [5, 5.41) is 6.44. The van der Waals surface area contributed by atoms with Gasteiger partial charge in [0.1, 0.15) is 11.5 Å². The summed E-state index contributed by atoms with van der Waals surface area (Å²) in [6, 6.07) is 20.1. The molecule has 2 N–H and O–H groups in total. The number of carbonyl (C=O) groups excluding carboxylic acids is 2. The molecule has 0 saturated carbocycles. The molecule has 0 aromatic heterocycles. The summed E-state index contributed by atoms with van der Waals surface area (Å²) in [7, 11) is 3.20. The quantitative estimate of drug-likeness (QED) is 0.663. The summed E-state index contributed by atoms with van der Waals surface area (Å²) in [5.74, 6) is 0.746. The Morgan fingerprint density at radius 3 is 2.41 bits per heavy atom. The number of rotatable bonds is 4. The molecular formula is C26H24N2O4. The van der Waals surface area contributed by atoms with Crippen molar-refractivity contribution in [2.24, 2.45) is 5.92 Å². The molecule has 0 radical (unpaired) electrons. The lowest BCUT2D eigenvalue weighted by Gasteiger charge is -2.33. The minimum atomic E-state index is -0.806. The SMILES string of the molecule is COc1cc(OC)c2c(c1)[C@@]1(NC(=O)c3ccccc31)[C@@H](C)[C@@H]2NC(=O)c1ccccc1. The van der Waals surface area contributed by atoms with Gasteiger partial charge >= 0.3 is 0 Å². The third-order valence-electron chi connectivity index (χ3n) is 6.72. The van der Waals surface area contributed by atoms with Gasteiger partial charge in [-0.25, -0.2) is 0 Å². The molecule has 1 spiro atoms. The molecule has 2 amide bonds. The molecule has 3 aromatic rings. The Morgan fingerprint density at radius 1 is 0.969 bits per heavy atom. The first kappa shape index (κ1) is 20.1. The number of methoxy groups -OCH3 is 2. The Hall–Kier alpha value is -3.80. The van der Waals surface area contributed by atoms with E-state index in [1.54, 1.807) is 26.4 Å². The first-order chi connectivity index (χ1) is 15.5. The van der Waals surface area contributed by atoms with Crippen LogP contribution in [0.15, 0.2) is 66.7 Å². The van der Waals surface area contributed by atoms with Gasteiger partial charge in [-0.15, -0.1) is 0 Å². The molecule has 0 bridgehead atoms. The molecule has 2 aliphatic rings. The van der Waals surface area contributed by atoms with Gasteiger partial charge in [0.2, 0.25) is 0 Å². The normalized spacial score (nSPS) is 22.8. The van der Waals surface area contributed by atoms with Crippen molar-refractivity contribution < 1.29 is 19.1 Å². The van der Waals surface area contributed by atoms with Crippen molar-refractivity contribution in [3.63, 3.8) is 0 Å². The van der Waals surface area contributed by atoms with Crippen molar-refractivity contribution in [1.29, 1.82) is 0 Å².